The first-order valence-corrected chi connectivity index (χ1v) is 12.3. The minimum absolute atomic E-state index is 0.227. The normalized spacial score (nSPS) is 14.7. The number of alkyl halides is 2. The first kappa shape index (κ1) is 23.3. The van der Waals surface area contributed by atoms with Gasteiger partial charge in [0.1, 0.15) is 4.84 Å². The minimum Gasteiger partial charge on any atom is -0.105 e. The maximum atomic E-state index is 6.12. The third-order valence-corrected chi connectivity index (χ3v) is 7.82. The van der Waals surface area contributed by atoms with Crippen molar-refractivity contribution in [2.24, 2.45) is 5.92 Å². The Hall–Kier alpha value is 1.28. The van der Waals surface area contributed by atoms with Gasteiger partial charge in [-0.25, -0.2) is 0 Å². The quantitative estimate of drug-likeness (QED) is 0.157. The Kier molecular flexibility index (Phi) is 16.7. The van der Waals surface area contributed by atoms with Gasteiger partial charge in [-0.15, -0.1) is 23.2 Å². The molecule has 0 aromatic rings. The Morgan fingerprint density at radius 1 is 0.773 bits per heavy atom. The lowest BCUT2D eigenvalue weighted by Crippen LogP contribution is -2.20. The summed E-state index contributed by atoms with van der Waals surface area (Å²) >= 11 is 12.2. The third kappa shape index (κ3) is 13.7. The summed E-state index contributed by atoms with van der Waals surface area (Å²) in [4.78, 5) is -0.227. The van der Waals surface area contributed by atoms with Gasteiger partial charge in [-0.2, -0.15) is 0 Å². The van der Waals surface area contributed by atoms with Crippen LogP contribution in [0.1, 0.15) is 91.9 Å². The van der Waals surface area contributed by atoms with Gasteiger partial charge >= 0.3 is 0 Å². The summed E-state index contributed by atoms with van der Waals surface area (Å²) in [6, 6.07) is 0. The van der Waals surface area contributed by atoms with Crippen LogP contribution in [0.5, 0.6) is 0 Å². The van der Waals surface area contributed by atoms with Crippen LogP contribution >= 0.6 is 44.8 Å². The van der Waals surface area contributed by atoms with Gasteiger partial charge in [-0.1, -0.05) is 94.2 Å². The van der Waals surface area contributed by atoms with Crippen molar-refractivity contribution in [3.63, 3.8) is 0 Å². The van der Waals surface area contributed by atoms with Crippen LogP contribution < -0.4 is 0 Å². The molecule has 0 aromatic heterocycles. The van der Waals surface area contributed by atoms with Crippen molar-refractivity contribution in [2.45, 2.75) is 107 Å². The van der Waals surface area contributed by atoms with E-state index in [-0.39, 0.29) is 4.84 Å². The van der Waals surface area contributed by atoms with Crippen LogP contribution in [0.4, 0.5) is 0 Å². The Morgan fingerprint density at radius 3 is 1.82 bits per heavy atom. The molecule has 0 bridgehead atoms. The van der Waals surface area contributed by atoms with Crippen LogP contribution in [0.25, 0.3) is 0 Å². The van der Waals surface area contributed by atoms with Crippen molar-refractivity contribution in [3.05, 3.63) is 0 Å². The summed E-state index contributed by atoms with van der Waals surface area (Å²) in [6.07, 6.45) is 13.0. The average molecular weight is 388 g/mol. The SMILES string of the molecule is CCCCCCC(CCCCC)[C@@H](CC(Cl)Cl)SSC(C)C. The molecule has 0 aromatic carbocycles. The Morgan fingerprint density at radius 2 is 1.32 bits per heavy atom. The predicted octanol–water partition coefficient (Wildman–Crippen LogP) is 8.51. The molecule has 0 aliphatic carbocycles. The molecule has 22 heavy (non-hydrogen) atoms. The van der Waals surface area contributed by atoms with Crippen LogP contribution in [-0.4, -0.2) is 15.3 Å². The maximum Gasteiger partial charge on any atom is 0.108 e. The number of hydrogen-bond donors (Lipinski definition) is 0. The second kappa shape index (κ2) is 15.8. The average Bonchev–Trinajstić information content (AvgIpc) is 2.45. The van der Waals surface area contributed by atoms with E-state index in [1.54, 1.807) is 0 Å². The lowest BCUT2D eigenvalue weighted by atomic mass is 9.90. The molecule has 0 nitrogen and oxygen atoms in total. The molecule has 0 spiro atoms. The van der Waals surface area contributed by atoms with Crippen molar-refractivity contribution >= 4 is 44.8 Å². The number of unbranched alkanes of at least 4 members (excludes halogenated alkanes) is 5. The topological polar surface area (TPSA) is 0 Å². The summed E-state index contributed by atoms with van der Waals surface area (Å²) in [5, 5.41) is 1.26. The fourth-order valence-electron chi connectivity index (χ4n) is 2.67. The zero-order chi connectivity index (χ0) is 16.8. The fraction of sp³-hybridized carbons (Fsp3) is 1.00. The number of hydrogen-bond acceptors (Lipinski definition) is 2. The molecule has 4 heteroatoms. The lowest BCUT2D eigenvalue weighted by molar-refractivity contribution is 0.390. The standard InChI is InChI=1S/C18H36Cl2S2/c1-5-7-9-11-13-16(12-10-8-6-2)17(14-18(19)20)22-21-15(3)4/h15-18H,5-14H2,1-4H3/t16?,17-/m1/s1. The highest BCUT2D eigenvalue weighted by Crippen LogP contribution is 2.41. The summed E-state index contributed by atoms with van der Waals surface area (Å²) < 4.78 is 0. The molecule has 0 aliphatic heterocycles. The van der Waals surface area contributed by atoms with E-state index in [2.05, 4.69) is 27.7 Å². The van der Waals surface area contributed by atoms with Crippen molar-refractivity contribution in [1.29, 1.82) is 0 Å². The molecule has 0 fully saturated rings. The van der Waals surface area contributed by atoms with Crippen molar-refractivity contribution in [2.75, 3.05) is 0 Å². The smallest absolute Gasteiger partial charge is 0.105 e. The van der Waals surface area contributed by atoms with Gasteiger partial charge in [-0.05, 0) is 25.2 Å². The van der Waals surface area contributed by atoms with Crippen LogP contribution in [0.15, 0.2) is 0 Å². The van der Waals surface area contributed by atoms with Gasteiger partial charge < -0.3 is 0 Å². The van der Waals surface area contributed by atoms with E-state index in [9.17, 15) is 0 Å². The van der Waals surface area contributed by atoms with Gasteiger partial charge in [0.25, 0.3) is 0 Å². The second-order valence-electron chi connectivity index (χ2n) is 6.51. The molecule has 0 aliphatic rings. The molecule has 0 radical (unpaired) electrons. The van der Waals surface area contributed by atoms with Crippen molar-refractivity contribution in [1.82, 2.24) is 0 Å². The molecule has 0 saturated heterocycles. The second-order valence-corrected chi connectivity index (χ2v) is 10.9. The highest BCUT2D eigenvalue weighted by atomic mass is 35.5. The largest absolute Gasteiger partial charge is 0.108 e. The highest BCUT2D eigenvalue weighted by molar-refractivity contribution is 8.77. The maximum absolute atomic E-state index is 6.12. The molecular weight excluding hydrogens is 351 g/mol. The molecule has 2 atom stereocenters. The molecule has 0 heterocycles. The first-order valence-electron chi connectivity index (χ1n) is 9.11. The third-order valence-electron chi connectivity index (χ3n) is 3.91. The van der Waals surface area contributed by atoms with Crippen LogP contribution in [0, 0.1) is 5.92 Å². The molecule has 1 unspecified atom stereocenters. The van der Waals surface area contributed by atoms with Gasteiger partial charge in [0.05, 0.1) is 0 Å². The molecule has 0 N–H and O–H groups in total. The summed E-state index contributed by atoms with van der Waals surface area (Å²) in [6.45, 7) is 9.09. The predicted molar refractivity (Wildman–Crippen MR) is 111 cm³/mol. The van der Waals surface area contributed by atoms with E-state index < -0.39 is 0 Å². The zero-order valence-corrected chi connectivity index (χ0v) is 18.1. The van der Waals surface area contributed by atoms with E-state index in [0.29, 0.717) is 10.5 Å². The van der Waals surface area contributed by atoms with E-state index in [0.717, 1.165) is 12.3 Å². The summed E-state index contributed by atoms with van der Waals surface area (Å²) in [5.74, 6) is 0.777. The number of halogens is 2. The monoisotopic (exact) mass is 386 g/mol. The van der Waals surface area contributed by atoms with E-state index >= 15 is 0 Å². The minimum atomic E-state index is -0.227. The van der Waals surface area contributed by atoms with Gasteiger partial charge in [0.2, 0.25) is 0 Å². The lowest BCUT2D eigenvalue weighted by Gasteiger charge is -2.27. The fourth-order valence-corrected chi connectivity index (χ4v) is 6.14. The van der Waals surface area contributed by atoms with Crippen LogP contribution in [-0.2, 0) is 0 Å². The van der Waals surface area contributed by atoms with Crippen molar-refractivity contribution < 1.29 is 0 Å². The Bertz CT molecular complexity index is 235. The van der Waals surface area contributed by atoms with Crippen LogP contribution in [0.2, 0.25) is 0 Å². The Labute approximate surface area is 157 Å². The van der Waals surface area contributed by atoms with Crippen LogP contribution in [0.3, 0.4) is 0 Å². The van der Waals surface area contributed by atoms with E-state index in [1.165, 1.54) is 57.8 Å². The highest BCUT2D eigenvalue weighted by Gasteiger charge is 2.24. The van der Waals surface area contributed by atoms with E-state index in [1.807, 2.05) is 21.6 Å². The molecule has 0 rings (SSSR count). The summed E-state index contributed by atoms with van der Waals surface area (Å²) in [7, 11) is 4.03. The van der Waals surface area contributed by atoms with Crippen molar-refractivity contribution in [3.8, 4) is 0 Å². The van der Waals surface area contributed by atoms with Gasteiger partial charge in [0.15, 0.2) is 0 Å². The Balaban J connectivity index is 4.52. The first-order chi connectivity index (χ1) is 10.5. The van der Waals surface area contributed by atoms with Gasteiger partial charge in [0, 0.05) is 10.5 Å². The molecule has 134 valence electrons. The van der Waals surface area contributed by atoms with E-state index in [4.69, 9.17) is 23.2 Å². The summed E-state index contributed by atoms with van der Waals surface area (Å²) in [5.41, 5.74) is 0. The zero-order valence-electron chi connectivity index (χ0n) is 15.0. The number of rotatable bonds is 15. The molecule has 0 saturated carbocycles. The molecule has 0 amide bonds. The van der Waals surface area contributed by atoms with Gasteiger partial charge in [-0.3, -0.25) is 0 Å². The molecular formula is C18H36Cl2S2.